The lowest BCUT2D eigenvalue weighted by molar-refractivity contribution is -0.128. The van der Waals surface area contributed by atoms with Crippen LogP contribution in [-0.4, -0.2) is 59.4 Å². The Kier molecular flexibility index (Phi) is 5.03. The molecule has 0 aromatic heterocycles. The van der Waals surface area contributed by atoms with Gasteiger partial charge in [0.15, 0.2) is 0 Å². The second-order valence-corrected chi connectivity index (χ2v) is 6.45. The van der Waals surface area contributed by atoms with Crippen LogP contribution in [0, 0.1) is 0 Å². The van der Waals surface area contributed by atoms with Crippen molar-refractivity contribution in [2.45, 2.75) is 26.4 Å². The third-order valence-corrected chi connectivity index (χ3v) is 3.45. The SMILES string of the molecule is CC(C)(C)OC(=O)N1CCN(C(=O)C(=O)c2ccccc2)CC1. The topological polar surface area (TPSA) is 66.9 Å². The van der Waals surface area contributed by atoms with Crippen LogP contribution in [-0.2, 0) is 9.53 Å². The molecule has 0 spiro atoms. The summed E-state index contributed by atoms with van der Waals surface area (Å²) in [7, 11) is 0. The molecule has 0 N–H and O–H groups in total. The summed E-state index contributed by atoms with van der Waals surface area (Å²) in [5.74, 6) is -1.05. The monoisotopic (exact) mass is 318 g/mol. The van der Waals surface area contributed by atoms with Crippen molar-refractivity contribution in [2.75, 3.05) is 26.2 Å². The van der Waals surface area contributed by atoms with Gasteiger partial charge in [-0.2, -0.15) is 0 Å². The Morgan fingerprint density at radius 3 is 1.96 bits per heavy atom. The van der Waals surface area contributed by atoms with Crippen LogP contribution in [0.25, 0.3) is 0 Å². The van der Waals surface area contributed by atoms with Gasteiger partial charge in [0, 0.05) is 31.7 Å². The molecule has 1 aromatic rings. The van der Waals surface area contributed by atoms with Crippen LogP contribution in [0.3, 0.4) is 0 Å². The Morgan fingerprint density at radius 2 is 1.43 bits per heavy atom. The van der Waals surface area contributed by atoms with Gasteiger partial charge in [-0.05, 0) is 20.8 Å². The number of piperazine rings is 1. The maximum absolute atomic E-state index is 12.2. The number of ether oxygens (including phenoxy) is 1. The van der Waals surface area contributed by atoms with E-state index in [0.29, 0.717) is 31.7 Å². The molecule has 6 nitrogen and oxygen atoms in total. The fourth-order valence-corrected chi connectivity index (χ4v) is 2.28. The number of carbonyl (C=O) groups is 3. The molecule has 1 aliphatic heterocycles. The van der Waals surface area contributed by atoms with Gasteiger partial charge in [-0.25, -0.2) is 4.79 Å². The fraction of sp³-hybridized carbons (Fsp3) is 0.471. The van der Waals surface area contributed by atoms with Gasteiger partial charge >= 0.3 is 6.09 Å². The molecule has 0 bridgehead atoms. The zero-order valence-electron chi connectivity index (χ0n) is 13.7. The first-order chi connectivity index (χ1) is 10.8. The summed E-state index contributed by atoms with van der Waals surface area (Å²) in [5, 5.41) is 0. The molecule has 1 saturated heterocycles. The minimum atomic E-state index is -0.548. The van der Waals surface area contributed by atoms with Crippen LogP contribution in [0.1, 0.15) is 31.1 Å². The van der Waals surface area contributed by atoms with Gasteiger partial charge in [-0.3, -0.25) is 9.59 Å². The Morgan fingerprint density at radius 1 is 0.913 bits per heavy atom. The van der Waals surface area contributed by atoms with E-state index < -0.39 is 17.3 Å². The molecule has 124 valence electrons. The number of carbonyl (C=O) groups excluding carboxylic acids is 3. The molecular weight excluding hydrogens is 296 g/mol. The highest BCUT2D eigenvalue weighted by Crippen LogP contribution is 2.12. The van der Waals surface area contributed by atoms with Crippen LogP contribution in [0.15, 0.2) is 30.3 Å². The van der Waals surface area contributed by atoms with Gasteiger partial charge in [0.05, 0.1) is 0 Å². The van der Waals surface area contributed by atoms with Gasteiger partial charge in [0.2, 0.25) is 5.78 Å². The number of rotatable bonds is 2. The van der Waals surface area contributed by atoms with Gasteiger partial charge in [-0.15, -0.1) is 0 Å². The lowest BCUT2D eigenvalue weighted by Gasteiger charge is -2.35. The van der Waals surface area contributed by atoms with Crippen LogP contribution in [0.5, 0.6) is 0 Å². The first-order valence-electron chi connectivity index (χ1n) is 7.64. The highest BCUT2D eigenvalue weighted by Gasteiger charge is 2.30. The molecule has 0 saturated carbocycles. The van der Waals surface area contributed by atoms with Crippen molar-refractivity contribution in [3.05, 3.63) is 35.9 Å². The molecule has 0 radical (unpaired) electrons. The molecular formula is C17H22N2O4. The second kappa shape index (κ2) is 6.81. The van der Waals surface area contributed by atoms with E-state index in [9.17, 15) is 14.4 Å². The number of hydrogen-bond donors (Lipinski definition) is 0. The van der Waals surface area contributed by atoms with Crippen molar-refractivity contribution in [1.29, 1.82) is 0 Å². The van der Waals surface area contributed by atoms with Crippen LogP contribution >= 0.6 is 0 Å². The molecule has 1 aliphatic rings. The molecule has 0 aliphatic carbocycles. The lowest BCUT2D eigenvalue weighted by Crippen LogP contribution is -2.53. The number of ketones is 1. The van der Waals surface area contributed by atoms with E-state index in [0.717, 1.165) is 0 Å². The quantitative estimate of drug-likeness (QED) is 0.617. The summed E-state index contributed by atoms with van der Waals surface area (Å²) >= 11 is 0. The number of amides is 2. The molecule has 23 heavy (non-hydrogen) atoms. The highest BCUT2D eigenvalue weighted by molar-refractivity contribution is 6.42. The molecule has 2 amide bonds. The summed E-state index contributed by atoms with van der Waals surface area (Å²) in [4.78, 5) is 39.4. The second-order valence-electron chi connectivity index (χ2n) is 6.45. The van der Waals surface area contributed by atoms with Crippen LogP contribution < -0.4 is 0 Å². The van der Waals surface area contributed by atoms with E-state index in [-0.39, 0.29) is 6.09 Å². The minimum absolute atomic E-state index is 0.330. The Balaban J connectivity index is 1.90. The summed E-state index contributed by atoms with van der Waals surface area (Å²) in [6.45, 7) is 6.81. The van der Waals surface area contributed by atoms with E-state index in [1.54, 1.807) is 35.2 Å². The maximum atomic E-state index is 12.2. The summed E-state index contributed by atoms with van der Waals surface area (Å²) in [5.41, 5.74) is -0.167. The third kappa shape index (κ3) is 4.55. The predicted molar refractivity (Wildman–Crippen MR) is 85.2 cm³/mol. The predicted octanol–water partition coefficient (Wildman–Crippen LogP) is 1.95. The number of benzene rings is 1. The normalized spacial score (nSPS) is 15.3. The van der Waals surface area contributed by atoms with Crippen molar-refractivity contribution in [2.24, 2.45) is 0 Å². The average Bonchev–Trinajstić information content (AvgIpc) is 2.53. The number of Topliss-reactive ketones (excluding diaryl/α,β-unsaturated/α-hetero) is 1. The first kappa shape index (κ1) is 17.0. The molecule has 1 heterocycles. The fourth-order valence-electron chi connectivity index (χ4n) is 2.28. The van der Waals surface area contributed by atoms with E-state index >= 15 is 0 Å². The van der Waals surface area contributed by atoms with Crippen molar-refractivity contribution < 1.29 is 19.1 Å². The van der Waals surface area contributed by atoms with Crippen molar-refractivity contribution in [3.63, 3.8) is 0 Å². The van der Waals surface area contributed by atoms with Gasteiger partial charge in [0.1, 0.15) is 5.60 Å². The number of hydrogen-bond acceptors (Lipinski definition) is 4. The van der Waals surface area contributed by atoms with E-state index in [1.165, 1.54) is 4.90 Å². The smallest absolute Gasteiger partial charge is 0.410 e. The first-order valence-corrected chi connectivity index (χ1v) is 7.64. The van der Waals surface area contributed by atoms with Crippen molar-refractivity contribution in [1.82, 2.24) is 9.80 Å². The van der Waals surface area contributed by atoms with Gasteiger partial charge < -0.3 is 14.5 Å². The van der Waals surface area contributed by atoms with E-state index in [4.69, 9.17) is 4.74 Å². The average molecular weight is 318 g/mol. The minimum Gasteiger partial charge on any atom is -0.444 e. The Bertz CT molecular complexity index is 584. The van der Waals surface area contributed by atoms with Gasteiger partial charge in [-0.1, -0.05) is 30.3 Å². The molecule has 0 atom stereocenters. The van der Waals surface area contributed by atoms with E-state index in [2.05, 4.69) is 0 Å². The van der Waals surface area contributed by atoms with Gasteiger partial charge in [0.25, 0.3) is 5.91 Å². The zero-order valence-corrected chi connectivity index (χ0v) is 13.7. The van der Waals surface area contributed by atoms with Crippen LogP contribution in [0.2, 0.25) is 0 Å². The summed E-state index contributed by atoms with van der Waals surface area (Å²) in [6.07, 6.45) is -0.390. The van der Waals surface area contributed by atoms with Crippen LogP contribution in [0.4, 0.5) is 4.79 Å². The third-order valence-electron chi connectivity index (χ3n) is 3.45. The Labute approximate surface area is 136 Å². The number of nitrogens with zero attached hydrogens (tertiary/aromatic N) is 2. The van der Waals surface area contributed by atoms with Crippen molar-refractivity contribution in [3.8, 4) is 0 Å². The summed E-state index contributed by atoms with van der Waals surface area (Å²) in [6, 6.07) is 8.48. The molecule has 2 rings (SSSR count). The largest absolute Gasteiger partial charge is 0.444 e. The standard InChI is InChI=1S/C17H22N2O4/c1-17(2,3)23-16(22)19-11-9-18(10-12-19)15(21)14(20)13-7-5-4-6-8-13/h4-8H,9-12H2,1-3H3. The molecule has 0 unspecified atom stereocenters. The molecule has 1 fully saturated rings. The lowest BCUT2D eigenvalue weighted by atomic mass is 10.1. The molecule has 1 aromatic carbocycles. The van der Waals surface area contributed by atoms with Crippen molar-refractivity contribution >= 4 is 17.8 Å². The Hall–Kier alpha value is -2.37. The summed E-state index contributed by atoms with van der Waals surface area (Å²) < 4.78 is 5.31. The zero-order chi connectivity index (χ0) is 17.0. The van der Waals surface area contributed by atoms with E-state index in [1.807, 2.05) is 20.8 Å². The highest BCUT2D eigenvalue weighted by atomic mass is 16.6. The molecule has 6 heteroatoms. The maximum Gasteiger partial charge on any atom is 0.410 e.